The van der Waals surface area contributed by atoms with Crippen molar-refractivity contribution in [2.24, 2.45) is 0 Å². The number of halogens is 3. The number of nitrogens with zero attached hydrogens (tertiary/aromatic N) is 3. The van der Waals surface area contributed by atoms with Crippen molar-refractivity contribution in [3.63, 3.8) is 0 Å². The van der Waals surface area contributed by atoms with Gasteiger partial charge < -0.3 is 4.90 Å². The molecule has 1 saturated heterocycles. The molecule has 1 aliphatic rings. The van der Waals surface area contributed by atoms with E-state index in [0.29, 0.717) is 21.3 Å². The van der Waals surface area contributed by atoms with Crippen molar-refractivity contribution in [2.75, 3.05) is 4.90 Å². The SMILES string of the molecule is O=C1CC(N(Cc2ccccc2Cl)C(=O)c2ccc(Cl)c([N+](=O)[O-])c2)C(=O)N1c1ccc(Cl)cc1. The summed E-state index contributed by atoms with van der Waals surface area (Å²) >= 11 is 18.1. The summed E-state index contributed by atoms with van der Waals surface area (Å²) in [6.07, 6.45) is -0.271. The van der Waals surface area contributed by atoms with Crippen LogP contribution < -0.4 is 4.90 Å². The molecule has 3 aromatic rings. The summed E-state index contributed by atoms with van der Waals surface area (Å²) in [5.41, 5.74) is 0.348. The van der Waals surface area contributed by atoms with Gasteiger partial charge in [-0.25, -0.2) is 4.90 Å². The fraction of sp³-hybridized carbons (Fsp3) is 0.125. The fourth-order valence-electron chi connectivity index (χ4n) is 3.81. The minimum Gasteiger partial charge on any atom is -0.322 e. The molecule has 0 aromatic heterocycles. The molecular formula is C24H16Cl3N3O5. The summed E-state index contributed by atoms with van der Waals surface area (Å²) in [5.74, 6) is -1.80. The molecular weight excluding hydrogens is 517 g/mol. The maximum atomic E-state index is 13.6. The van der Waals surface area contributed by atoms with Gasteiger partial charge >= 0.3 is 0 Å². The third kappa shape index (κ3) is 5.00. The number of hydrogen-bond donors (Lipinski definition) is 0. The molecule has 0 bridgehead atoms. The smallest absolute Gasteiger partial charge is 0.288 e. The summed E-state index contributed by atoms with van der Waals surface area (Å²) < 4.78 is 0. The lowest BCUT2D eigenvalue weighted by atomic mass is 10.1. The van der Waals surface area contributed by atoms with Crippen molar-refractivity contribution in [1.82, 2.24) is 4.90 Å². The lowest BCUT2D eigenvalue weighted by Gasteiger charge is -2.28. The molecule has 0 saturated carbocycles. The van der Waals surface area contributed by atoms with Crippen LogP contribution in [0.15, 0.2) is 66.7 Å². The molecule has 1 atom stereocenters. The van der Waals surface area contributed by atoms with Crippen LogP contribution in [0.2, 0.25) is 15.1 Å². The Morgan fingerprint density at radius 1 is 1.00 bits per heavy atom. The van der Waals surface area contributed by atoms with Gasteiger partial charge in [0.15, 0.2) is 0 Å². The first-order valence-electron chi connectivity index (χ1n) is 10.3. The van der Waals surface area contributed by atoms with E-state index in [2.05, 4.69) is 0 Å². The predicted molar refractivity (Wildman–Crippen MR) is 132 cm³/mol. The number of rotatable bonds is 6. The van der Waals surface area contributed by atoms with Crippen molar-refractivity contribution in [3.8, 4) is 0 Å². The monoisotopic (exact) mass is 531 g/mol. The van der Waals surface area contributed by atoms with E-state index >= 15 is 0 Å². The van der Waals surface area contributed by atoms with Crippen molar-refractivity contribution in [2.45, 2.75) is 19.0 Å². The first kappa shape index (κ1) is 24.7. The van der Waals surface area contributed by atoms with Gasteiger partial charge in [0.25, 0.3) is 17.5 Å². The number of amides is 3. The number of carbonyl (C=O) groups is 3. The summed E-state index contributed by atoms with van der Waals surface area (Å²) in [4.78, 5) is 52.7. The lowest BCUT2D eigenvalue weighted by molar-refractivity contribution is -0.384. The van der Waals surface area contributed by atoms with Crippen molar-refractivity contribution in [3.05, 3.63) is 103 Å². The fourth-order valence-corrected chi connectivity index (χ4v) is 4.31. The number of benzene rings is 3. The molecule has 0 radical (unpaired) electrons. The highest BCUT2D eigenvalue weighted by Crippen LogP contribution is 2.31. The van der Waals surface area contributed by atoms with E-state index in [1.807, 2.05) is 0 Å². The summed E-state index contributed by atoms with van der Waals surface area (Å²) in [6.45, 7) is -0.104. The minimum absolute atomic E-state index is 0.0571. The van der Waals surface area contributed by atoms with Crippen LogP contribution in [-0.4, -0.2) is 33.6 Å². The van der Waals surface area contributed by atoms with Gasteiger partial charge in [-0.2, -0.15) is 0 Å². The Morgan fingerprint density at radius 2 is 1.69 bits per heavy atom. The highest BCUT2D eigenvalue weighted by atomic mass is 35.5. The molecule has 178 valence electrons. The van der Waals surface area contributed by atoms with Crippen LogP contribution in [0.4, 0.5) is 11.4 Å². The Labute approximate surface area is 214 Å². The first-order valence-corrected chi connectivity index (χ1v) is 11.4. The van der Waals surface area contributed by atoms with Gasteiger partial charge in [0, 0.05) is 28.2 Å². The zero-order valence-corrected chi connectivity index (χ0v) is 20.1. The zero-order chi connectivity index (χ0) is 25.3. The quantitative estimate of drug-likeness (QED) is 0.236. The molecule has 1 unspecified atom stereocenters. The standard InChI is InChI=1S/C24H16Cl3N3O5/c25-16-6-8-17(9-7-16)29-22(31)12-21(24(29)33)28(13-15-3-1-2-4-18(15)26)23(32)14-5-10-19(27)20(11-14)30(34)35/h1-11,21H,12-13H2. The van der Waals surface area contributed by atoms with E-state index < -0.39 is 34.4 Å². The topological polar surface area (TPSA) is 101 Å². The van der Waals surface area contributed by atoms with Crippen LogP contribution in [0.5, 0.6) is 0 Å². The molecule has 11 heteroatoms. The van der Waals surface area contributed by atoms with Crippen LogP contribution in [0, 0.1) is 10.1 Å². The van der Waals surface area contributed by atoms with Gasteiger partial charge in [0.1, 0.15) is 11.1 Å². The van der Waals surface area contributed by atoms with E-state index in [4.69, 9.17) is 34.8 Å². The minimum atomic E-state index is -1.16. The molecule has 3 aromatic carbocycles. The molecule has 3 amide bonds. The predicted octanol–water partition coefficient (Wildman–Crippen LogP) is 5.53. The number of nitro benzene ring substituents is 1. The molecule has 1 fully saturated rings. The van der Waals surface area contributed by atoms with Gasteiger partial charge in [0.2, 0.25) is 5.91 Å². The number of nitro groups is 1. The molecule has 4 rings (SSSR count). The number of hydrogen-bond acceptors (Lipinski definition) is 5. The van der Waals surface area contributed by atoms with E-state index in [1.54, 1.807) is 36.4 Å². The maximum absolute atomic E-state index is 13.6. The van der Waals surface area contributed by atoms with Gasteiger partial charge in [-0.15, -0.1) is 0 Å². The highest BCUT2D eigenvalue weighted by Gasteiger charge is 2.44. The number of carbonyl (C=O) groups excluding carboxylic acids is 3. The van der Waals surface area contributed by atoms with Gasteiger partial charge in [-0.05, 0) is 48.0 Å². The normalized spacial score (nSPS) is 15.4. The number of anilines is 1. The second-order valence-electron chi connectivity index (χ2n) is 7.71. The second kappa shape index (κ2) is 10.0. The van der Waals surface area contributed by atoms with Crippen molar-refractivity contribution >= 4 is 63.9 Å². The van der Waals surface area contributed by atoms with Crippen molar-refractivity contribution < 1.29 is 19.3 Å². The number of imide groups is 1. The first-order chi connectivity index (χ1) is 16.7. The van der Waals surface area contributed by atoms with Crippen LogP contribution in [0.1, 0.15) is 22.3 Å². The third-order valence-electron chi connectivity index (χ3n) is 5.53. The molecule has 1 heterocycles. The Hall–Kier alpha value is -3.46. The van der Waals surface area contributed by atoms with E-state index in [9.17, 15) is 24.5 Å². The molecule has 0 N–H and O–H groups in total. The maximum Gasteiger partial charge on any atom is 0.288 e. The largest absolute Gasteiger partial charge is 0.322 e. The molecule has 0 aliphatic carbocycles. The third-order valence-corrected chi connectivity index (χ3v) is 6.47. The van der Waals surface area contributed by atoms with E-state index in [0.717, 1.165) is 11.0 Å². The van der Waals surface area contributed by atoms with E-state index in [-0.39, 0.29) is 23.6 Å². The van der Waals surface area contributed by atoms with Crippen LogP contribution in [-0.2, 0) is 16.1 Å². The highest BCUT2D eigenvalue weighted by molar-refractivity contribution is 6.33. The second-order valence-corrected chi connectivity index (χ2v) is 8.96. The van der Waals surface area contributed by atoms with Crippen molar-refractivity contribution in [1.29, 1.82) is 0 Å². The van der Waals surface area contributed by atoms with Crippen LogP contribution >= 0.6 is 34.8 Å². The Bertz CT molecular complexity index is 1350. The Kier molecular flexibility index (Phi) is 7.07. The Balaban J connectivity index is 1.74. The van der Waals surface area contributed by atoms with E-state index in [1.165, 1.54) is 29.2 Å². The van der Waals surface area contributed by atoms with Crippen LogP contribution in [0.25, 0.3) is 0 Å². The summed E-state index contributed by atoms with van der Waals surface area (Å²) in [5, 5.41) is 12.0. The summed E-state index contributed by atoms with van der Waals surface area (Å²) in [6, 6.07) is 15.4. The zero-order valence-electron chi connectivity index (χ0n) is 17.9. The summed E-state index contributed by atoms with van der Waals surface area (Å²) in [7, 11) is 0. The molecule has 35 heavy (non-hydrogen) atoms. The average molecular weight is 533 g/mol. The van der Waals surface area contributed by atoms with Crippen LogP contribution in [0.3, 0.4) is 0 Å². The molecule has 1 aliphatic heterocycles. The Morgan fingerprint density at radius 3 is 2.34 bits per heavy atom. The molecule has 0 spiro atoms. The van der Waals surface area contributed by atoms with Gasteiger partial charge in [-0.3, -0.25) is 24.5 Å². The lowest BCUT2D eigenvalue weighted by Crippen LogP contribution is -2.45. The van der Waals surface area contributed by atoms with Gasteiger partial charge in [-0.1, -0.05) is 53.0 Å². The molecule has 8 nitrogen and oxygen atoms in total. The average Bonchev–Trinajstić information content (AvgIpc) is 3.12. The van der Waals surface area contributed by atoms with Gasteiger partial charge in [0.05, 0.1) is 17.0 Å².